The largest absolute Gasteiger partial charge is 0.496 e. The third-order valence-electron chi connectivity index (χ3n) is 4.41. The number of nitrogens with zero attached hydrogens (tertiary/aromatic N) is 1. The maximum Gasteiger partial charge on any atom is 0.226 e. The molecule has 1 aromatic heterocycles. The number of hydrogen-bond acceptors (Lipinski definition) is 3. The van der Waals surface area contributed by atoms with Crippen LogP contribution in [0.3, 0.4) is 0 Å². The molecule has 2 aromatic rings. The molecule has 1 aromatic carbocycles. The second kappa shape index (κ2) is 8.15. The van der Waals surface area contributed by atoms with Gasteiger partial charge < -0.3 is 9.64 Å². The second-order valence-electron chi connectivity index (χ2n) is 6.07. The van der Waals surface area contributed by atoms with Gasteiger partial charge in [0, 0.05) is 22.9 Å². The first-order valence-corrected chi connectivity index (χ1v) is 9.24. The van der Waals surface area contributed by atoms with E-state index >= 15 is 0 Å². The summed E-state index contributed by atoms with van der Waals surface area (Å²) in [5.41, 5.74) is 1.05. The fraction of sp³-hybridized carbons (Fsp3) is 0.350. The lowest BCUT2D eigenvalue weighted by atomic mass is 9.93. The molecule has 24 heavy (non-hydrogen) atoms. The van der Waals surface area contributed by atoms with E-state index in [0.29, 0.717) is 13.1 Å². The normalized spacial score (nSPS) is 16.8. The van der Waals surface area contributed by atoms with Crippen LogP contribution in [0.15, 0.2) is 53.9 Å². The Bertz CT molecular complexity index is 693. The minimum absolute atomic E-state index is 0.102. The van der Waals surface area contributed by atoms with Crippen LogP contribution in [0.25, 0.3) is 0 Å². The van der Waals surface area contributed by atoms with E-state index in [4.69, 9.17) is 4.74 Å². The summed E-state index contributed by atoms with van der Waals surface area (Å²) in [6.07, 6.45) is 7.11. The molecule has 1 aliphatic carbocycles. The van der Waals surface area contributed by atoms with Crippen LogP contribution in [0.4, 0.5) is 0 Å². The summed E-state index contributed by atoms with van der Waals surface area (Å²) in [7, 11) is 1.68. The van der Waals surface area contributed by atoms with Gasteiger partial charge in [0.15, 0.2) is 0 Å². The molecule has 1 unspecified atom stereocenters. The lowest BCUT2D eigenvalue weighted by Gasteiger charge is -2.28. The van der Waals surface area contributed by atoms with Gasteiger partial charge in [-0.3, -0.25) is 4.79 Å². The van der Waals surface area contributed by atoms with Crippen LogP contribution in [-0.2, 0) is 17.9 Å². The van der Waals surface area contributed by atoms with Crippen LogP contribution in [0, 0.1) is 5.92 Å². The number of methoxy groups -OCH3 is 1. The number of benzene rings is 1. The molecule has 3 rings (SSSR count). The molecule has 1 atom stereocenters. The van der Waals surface area contributed by atoms with Crippen molar-refractivity contribution < 1.29 is 9.53 Å². The van der Waals surface area contributed by atoms with Gasteiger partial charge in [-0.15, -0.1) is 11.3 Å². The molecule has 0 bridgehead atoms. The topological polar surface area (TPSA) is 29.5 Å². The van der Waals surface area contributed by atoms with Gasteiger partial charge in [-0.2, -0.15) is 0 Å². The molecule has 1 heterocycles. The zero-order chi connectivity index (χ0) is 16.8. The molecule has 126 valence electrons. The van der Waals surface area contributed by atoms with Crippen molar-refractivity contribution in [1.82, 2.24) is 4.90 Å². The smallest absolute Gasteiger partial charge is 0.226 e. The van der Waals surface area contributed by atoms with Crippen molar-refractivity contribution >= 4 is 17.2 Å². The highest BCUT2D eigenvalue weighted by molar-refractivity contribution is 7.09. The average Bonchev–Trinajstić information content (AvgIpc) is 3.15. The highest BCUT2D eigenvalue weighted by Gasteiger charge is 2.25. The summed E-state index contributed by atoms with van der Waals surface area (Å²) in [4.78, 5) is 16.3. The van der Waals surface area contributed by atoms with Gasteiger partial charge >= 0.3 is 0 Å². The van der Waals surface area contributed by atoms with Gasteiger partial charge in [0.1, 0.15) is 5.75 Å². The molecule has 0 saturated carbocycles. The first-order chi connectivity index (χ1) is 11.8. The van der Waals surface area contributed by atoms with Crippen molar-refractivity contribution in [2.24, 2.45) is 5.92 Å². The number of hydrogen-bond donors (Lipinski definition) is 0. The van der Waals surface area contributed by atoms with Crippen LogP contribution in [0.5, 0.6) is 5.75 Å². The molecule has 3 nitrogen and oxygen atoms in total. The minimum Gasteiger partial charge on any atom is -0.496 e. The quantitative estimate of drug-likeness (QED) is 0.716. The number of carbonyl (C=O) groups is 1. The zero-order valence-electron chi connectivity index (χ0n) is 14.0. The molecule has 0 N–H and O–H groups in total. The third kappa shape index (κ3) is 4.06. The summed E-state index contributed by atoms with van der Waals surface area (Å²) in [5.74, 6) is 1.19. The number of thiophene rings is 1. The Morgan fingerprint density at radius 2 is 2.08 bits per heavy atom. The zero-order valence-corrected chi connectivity index (χ0v) is 14.8. The average molecular weight is 341 g/mol. The molecule has 1 amide bonds. The van der Waals surface area contributed by atoms with E-state index in [2.05, 4.69) is 23.6 Å². The monoisotopic (exact) mass is 341 g/mol. The number of carbonyl (C=O) groups excluding carboxylic acids is 1. The van der Waals surface area contributed by atoms with Gasteiger partial charge in [0.25, 0.3) is 0 Å². The SMILES string of the molecule is COc1ccccc1CN(Cc1cccs1)C(=O)C1CC=CCC1. The van der Waals surface area contributed by atoms with E-state index < -0.39 is 0 Å². The van der Waals surface area contributed by atoms with Crippen LogP contribution >= 0.6 is 11.3 Å². The predicted octanol–water partition coefficient (Wildman–Crippen LogP) is 4.64. The first-order valence-electron chi connectivity index (χ1n) is 8.36. The lowest BCUT2D eigenvalue weighted by Crippen LogP contribution is -2.35. The van der Waals surface area contributed by atoms with E-state index in [9.17, 15) is 4.79 Å². The molecule has 0 fully saturated rings. The molecular weight excluding hydrogens is 318 g/mol. The van der Waals surface area contributed by atoms with E-state index in [1.165, 1.54) is 4.88 Å². The summed E-state index contributed by atoms with van der Waals surface area (Å²) in [5, 5.41) is 2.06. The van der Waals surface area contributed by atoms with Crippen molar-refractivity contribution in [3.8, 4) is 5.75 Å². The number of ether oxygens (including phenoxy) is 1. The third-order valence-corrected chi connectivity index (χ3v) is 5.27. The maximum atomic E-state index is 13.1. The van der Waals surface area contributed by atoms with Crippen LogP contribution in [0.1, 0.15) is 29.7 Å². The number of allylic oxidation sites excluding steroid dienone is 2. The molecule has 0 saturated heterocycles. The van der Waals surface area contributed by atoms with Gasteiger partial charge in [0.05, 0.1) is 13.7 Å². The fourth-order valence-corrected chi connectivity index (χ4v) is 3.84. The van der Waals surface area contributed by atoms with Crippen molar-refractivity contribution in [3.63, 3.8) is 0 Å². The van der Waals surface area contributed by atoms with Crippen LogP contribution in [-0.4, -0.2) is 17.9 Å². The summed E-state index contributed by atoms with van der Waals surface area (Å²) in [6, 6.07) is 12.1. The van der Waals surface area contributed by atoms with Gasteiger partial charge in [-0.05, 0) is 36.8 Å². The summed E-state index contributed by atoms with van der Waals surface area (Å²) in [6.45, 7) is 1.25. The van der Waals surface area contributed by atoms with Crippen molar-refractivity contribution in [3.05, 3.63) is 64.4 Å². The van der Waals surface area contributed by atoms with E-state index in [-0.39, 0.29) is 11.8 Å². The predicted molar refractivity (Wildman–Crippen MR) is 98.0 cm³/mol. The van der Waals surface area contributed by atoms with Crippen molar-refractivity contribution in [2.45, 2.75) is 32.4 Å². The lowest BCUT2D eigenvalue weighted by molar-refractivity contribution is -0.137. The second-order valence-corrected chi connectivity index (χ2v) is 7.10. The Morgan fingerprint density at radius 1 is 1.21 bits per heavy atom. The Kier molecular flexibility index (Phi) is 5.70. The first kappa shape index (κ1) is 16.8. The molecule has 4 heteroatoms. The number of amides is 1. The standard InChI is InChI=1S/C20H23NO2S/c1-23-19-12-6-5-10-17(19)14-21(15-18-11-7-13-24-18)20(22)16-8-3-2-4-9-16/h2-3,5-7,10-13,16H,4,8-9,14-15H2,1H3. The molecular formula is C20H23NO2S. The van der Waals surface area contributed by atoms with E-state index in [1.54, 1.807) is 18.4 Å². The van der Waals surface area contributed by atoms with Crippen molar-refractivity contribution in [1.29, 1.82) is 0 Å². The number of rotatable bonds is 6. The Balaban J connectivity index is 1.81. The van der Waals surface area contributed by atoms with Crippen LogP contribution in [0.2, 0.25) is 0 Å². The molecule has 1 aliphatic rings. The molecule has 0 spiro atoms. The Morgan fingerprint density at radius 3 is 2.79 bits per heavy atom. The van der Waals surface area contributed by atoms with Crippen LogP contribution < -0.4 is 4.74 Å². The van der Waals surface area contributed by atoms with Gasteiger partial charge in [-0.1, -0.05) is 36.4 Å². The van der Waals surface area contributed by atoms with Gasteiger partial charge in [0.2, 0.25) is 5.91 Å². The van der Waals surface area contributed by atoms with E-state index in [1.807, 2.05) is 35.2 Å². The van der Waals surface area contributed by atoms with Crippen molar-refractivity contribution in [2.75, 3.05) is 7.11 Å². The summed E-state index contributed by atoms with van der Waals surface area (Å²) >= 11 is 1.70. The molecule has 0 aliphatic heterocycles. The maximum absolute atomic E-state index is 13.1. The minimum atomic E-state index is 0.102. The number of para-hydroxylation sites is 1. The van der Waals surface area contributed by atoms with Gasteiger partial charge in [-0.25, -0.2) is 0 Å². The Hall–Kier alpha value is -2.07. The highest BCUT2D eigenvalue weighted by atomic mass is 32.1. The fourth-order valence-electron chi connectivity index (χ4n) is 3.12. The highest BCUT2D eigenvalue weighted by Crippen LogP contribution is 2.26. The molecule has 0 radical (unpaired) electrons. The summed E-state index contributed by atoms with van der Waals surface area (Å²) < 4.78 is 5.46. The Labute approximate surface area is 147 Å². The van der Waals surface area contributed by atoms with E-state index in [0.717, 1.165) is 30.6 Å².